The highest BCUT2D eigenvalue weighted by atomic mass is 32.1. The van der Waals surface area contributed by atoms with Gasteiger partial charge < -0.3 is 9.15 Å². The fourth-order valence-corrected chi connectivity index (χ4v) is 3.68. The van der Waals surface area contributed by atoms with E-state index in [1.165, 1.54) is 12.5 Å². The van der Waals surface area contributed by atoms with E-state index in [0.29, 0.717) is 12.3 Å². The second-order valence-electron chi connectivity index (χ2n) is 6.25. The van der Waals surface area contributed by atoms with E-state index in [2.05, 4.69) is 9.88 Å². The van der Waals surface area contributed by atoms with E-state index in [1.807, 2.05) is 35.8 Å². The SMILES string of the molecule is CC(=O)OCc1ccc(CN2CCc3nc(-c4cccs4)ncc3C2)o1. The molecule has 0 spiro atoms. The molecular weight excluding hydrogens is 350 g/mol. The van der Waals surface area contributed by atoms with Crippen LogP contribution in [0.25, 0.3) is 10.7 Å². The number of carbonyl (C=O) groups excluding carboxylic acids is 1. The summed E-state index contributed by atoms with van der Waals surface area (Å²) in [6, 6.07) is 7.85. The average molecular weight is 369 g/mol. The summed E-state index contributed by atoms with van der Waals surface area (Å²) in [7, 11) is 0. The van der Waals surface area contributed by atoms with Crippen LogP contribution in [0, 0.1) is 0 Å². The van der Waals surface area contributed by atoms with Gasteiger partial charge in [0.2, 0.25) is 0 Å². The molecule has 3 aromatic rings. The summed E-state index contributed by atoms with van der Waals surface area (Å²) >= 11 is 1.66. The van der Waals surface area contributed by atoms with Gasteiger partial charge in [0.1, 0.15) is 18.1 Å². The molecule has 6 nitrogen and oxygen atoms in total. The first-order valence-electron chi connectivity index (χ1n) is 8.49. The van der Waals surface area contributed by atoms with Gasteiger partial charge in [0.15, 0.2) is 5.82 Å². The predicted octanol–water partition coefficient (Wildman–Crippen LogP) is 3.42. The van der Waals surface area contributed by atoms with E-state index in [1.54, 1.807) is 11.3 Å². The Labute approximate surface area is 155 Å². The summed E-state index contributed by atoms with van der Waals surface area (Å²) in [5.41, 5.74) is 2.30. The summed E-state index contributed by atoms with van der Waals surface area (Å²) < 4.78 is 10.7. The molecule has 134 valence electrons. The second-order valence-corrected chi connectivity index (χ2v) is 7.20. The Balaban J connectivity index is 1.40. The third-order valence-electron chi connectivity index (χ3n) is 4.27. The number of thiophene rings is 1. The molecule has 0 unspecified atom stereocenters. The number of nitrogens with zero attached hydrogens (tertiary/aromatic N) is 3. The van der Waals surface area contributed by atoms with Crippen molar-refractivity contribution in [1.82, 2.24) is 14.9 Å². The standard InChI is InChI=1S/C19H19N3O3S/c1-13(23)24-12-16-5-4-15(25-16)11-22-7-6-17-14(10-22)9-20-19(21-17)18-3-2-8-26-18/h2-5,8-9H,6-7,10-12H2,1H3. The van der Waals surface area contributed by atoms with Crippen LogP contribution >= 0.6 is 11.3 Å². The highest BCUT2D eigenvalue weighted by Gasteiger charge is 2.20. The summed E-state index contributed by atoms with van der Waals surface area (Å²) in [5.74, 6) is 2.04. The molecule has 0 saturated carbocycles. The maximum Gasteiger partial charge on any atom is 0.303 e. The van der Waals surface area contributed by atoms with Gasteiger partial charge in [-0.05, 0) is 23.6 Å². The molecule has 0 saturated heterocycles. The molecule has 0 atom stereocenters. The first kappa shape index (κ1) is 16.9. The van der Waals surface area contributed by atoms with Gasteiger partial charge in [0.25, 0.3) is 0 Å². The van der Waals surface area contributed by atoms with Crippen molar-refractivity contribution < 1.29 is 13.9 Å². The van der Waals surface area contributed by atoms with Gasteiger partial charge in [-0.2, -0.15) is 0 Å². The monoisotopic (exact) mass is 369 g/mol. The van der Waals surface area contributed by atoms with Crippen LogP contribution in [-0.2, 0) is 35.6 Å². The maximum absolute atomic E-state index is 10.9. The Hall–Kier alpha value is -2.51. The Morgan fingerprint density at radius 3 is 3.04 bits per heavy atom. The number of ether oxygens (including phenoxy) is 1. The van der Waals surface area contributed by atoms with Crippen molar-refractivity contribution in [3.8, 4) is 10.7 Å². The fraction of sp³-hybridized carbons (Fsp3) is 0.316. The predicted molar refractivity (Wildman–Crippen MR) is 97.3 cm³/mol. The number of furan rings is 1. The summed E-state index contributed by atoms with van der Waals surface area (Å²) in [6.45, 7) is 4.01. The van der Waals surface area contributed by atoms with Crippen molar-refractivity contribution in [2.45, 2.75) is 33.0 Å². The number of hydrogen-bond donors (Lipinski definition) is 0. The molecular formula is C19H19N3O3S. The minimum atomic E-state index is -0.308. The first-order valence-corrected chi connectivity index (χ1v) is 9.37. The van der Waals surface area contributed by atoms with Crippen LogP contribution in [0.3, 0.4) is 0 Å². The lowest BCUT2D eigenvalue weighted by molar-refractivity contribution is -0.142. The van der Waals surface area contributed by atoms with Crippen LogP contribution in [0.4, 0.5) is 0 Å². The molecule has 0 bridgehead atoms. The van der Waals surface area contributed by atoms with Crippen LogP contribution in [0.15, 0.2) is 40.3 Å². The number of aromatic nitrogens is 2. The topological polar surface area (TPSA) is 68.5 Å². The minimum Gasteiger partial charge on any atom is -0.461 e. The fourth-order valence-electron chi connectivity index (χ4n) is 3.01. The molecule has 3 aromatic heterocycles. The van der Waals surface area contributed by atoms with Gasteiger partial charge in [-0.3, -0.25) is 9.69 Å². The van der Waals surface area contributed by atoms with Crippen molar-refractivity contribution >= 4 is 17.3 Å². The van der Waals surface area contributed by atoms with Gasteiger partial charge in [-0.25, -0.2) is 9.97 Å². The smallest absolute Gasteiger partial charge is 0.303 e. The van der Waals surface area contributed by atoms with Crippen LogP contribution in [-0.4, -0.2) is 27.4 Å². The van der Waals surface area contributed by atoms with E-state index >= 15 is 0 Å². The first-order chi connectivity index (χ1) is 12.7. The van der Waals surface area contributed by atoms with Gasteiger partial charge in [-0.1, -0.05) is 6.07 Å². The van der Waals surface area contributed by atoms with Crippen molar-refractivity contribution in [3.63, 3.8) is 0 Å². The van der Waals surface area contributed by atoms with Crippen LogP contribution in [0.5, 0.6) is 0 Å². The number of esters is 1. The third kappa shape index (κ3) is 3.84. The van der Waals surface area contributed by atoms with Crippen molar-refractivity contribution in [2.75, 3.05) is 6.54 Å². The van der Waals surface area contributed by atoms with Crippen molar-refractivity contribution in [2.24, 2.45) is 0 Å². The highest BCUT2D eigenvalue weighted by Crippen LogP contribution is 2.25. The molecule has 0 aliphatic carbocycles. The maximum atomic E-state index is 10.9. The zero-order valence-corrected chi connectivity index (χ0v) is 15.3. The Morgan fingerprint density at radius 1 is 1.35 bits per heavy atom. The molecule has 1 aliphatic rings. The second kappa shape index (κ2) is 7.39. The lowest BCUT2D eigenvalue weighted by Crippen LogP contribution is -2.30. The Bertz CT molecular complexity index is 905. The molecule has 0 amide bonds. The van der Waals surface area contributed by atoms with Gasteiger partial charge in [0.05, 0.1) is 17.1 Å². The molecule has 1 aliphatic heterocycles. The Kier molecular flexibility index (Phi) is 4.81. The van der Waals surface area contributed by atoms with Crippen molar-refractivity contribution in [1.29, 1.82) is 0 Å². The molecule has 0 N–H and O–H groups in total. The Morgan fingerprint density at radius 2 is 2.23 bits per heavy atom. The zero-order chi connectivity index (χ0) is 17.9. The molecule has 4 heterocycles. The molecule has 7 heteroatoms. The van der Waals surface area contributed by atoms with E-state index in [9.17, 15) is 4.79 Å². The number of rotatable bonds is 5. The zero-order valence-electron chi connectivity index (χ0n) is 14.5. The lowest BCUT2D eigenvalue weighted by atomic mass is 10.1. The number of fused-ring (bicyclic) bond motifs is 1. The summed E-state index contributed by atoms with van der Waals surface area (Å²) in [4.78, 5) is 23.6. The normalized spacial score (nSPS) is 14.2. The van der Waals surface area contributed by atoms with E-state index < -0.39 is 0 Å². The molecule has 0 radical (unpaired) electrons. The molecule has 26 heavy (non-hydrogen) atoms. The van der Waals surface area contributed by atoms with Crippen LogP contribution < -0.4 is 0 Å². The molecule has 4 rings (SSSR count). The minimum absolute atomic E-state index is 0.178. The summed E-state index contributed by atoms with van der Waals surface area (Å²) in [5, 5.41) is 2.04. The van der Waals surface area contributed by atoms with E-state index in [4.69, 9.17) is 14.1 Å². The lowest BCUT2D eigenvalue weighted by Gasteiger charge is -2.27. The van der Waals surface area contributed by atoms with Crippen LogP contribution in [0.1, 0.15) is 29.7 Å². The van der Waals surface area contributed by atoms with E-state index in [-0.39, 0.29) is 12.6 Å². The van der Waals surface area contributed by atoms with Gasteiger partial charge in [0, 0.05) is 38.2 Å². The van der Waals surface area contributed by atoms with Crippen molar-refractivity contribution in [3.05, 3.63) is 58.6 Å². The van der Waals surface area contributed by atoms with E-state index in [0.717, 1.165) is 41.7 Å². The molecule has 0 fully saturated rings. The average Bonchev–Trinajstić information content (AvgIpc) is 3.31. The third-order valence-corrected chi connectivity index (χ3v) is 5.13. The number of carbonyl (C=O) groups is 1. The van der Waals surface area contributed by atoms with Gasteiger partial charge >= 0.3 is 5.97 Å². The molecule has 0 aromatic carbocycles. The quantitative estimate of drug-likeness (QED) is 0.642. The largest absolute Gasteiger partial charge is 0.461 e. The summed E-state index contributed by atoms with van der Waals surface area (Å²) in [6.07, 6.45) is 2.84. The highest BCUT2D eigenvalue weighted by molar-refractivity contribution is 7.13. The van der Waals surface area contributed by atoms with Crippen LogP contribution in [0.2, 0.25) is 0 Å². The number of hydrogen-bond acceptors (Lipinski definition) is 7. The van der Waals surface area contributed by atoms with Gasteiger partial charge in [-0.15, -0.1) is 11.3 Å².